The van der Waals surface area contributed by atoms with Crippen molar-refractivity contribution in [2.24, 2.45) is 0 Å². The van der Waals surface area contributed by atoms with E-state index < -0.39 is 32.5 Å². The standard InChI is InChI=1S/C76H128NO8P/c1-6-8-10-12-14-16-18-20-22-24-26-28-30-32-33-34-35-36-37-38-39-40-41-42-43-45-47-49-51-53-55-57-59-61-63-65-67-69-76(79)85-74(73-84-86(80,81)83-71-70-77(3,4)5)72-82-75(78)68-66-64-62-60-58-56-54-52-50-48-46-44-31-29-27-25-23-21-19-17-15-13-11-9-7-2/h8-11,14-17,20-23,26-29,32-33,35-36,38-39,44,46,74H,6-7,12-13,18-19,24-25,30-31,34,37,40-43,45,47-73H2,1-5H3/b10-8-,11-9-,16-14-,17-15-,22-20-,23-21-,28-26-,29-27-,33-32-,36-35-,39-38-,46-44-. The molecule has 0 saturated carbocycles. The number of nitrogens with zero attached hydrogens (tertiary/aromatic N) is 1. The van der Waals surface area contributed by atoms with Crippen molar-refractivity contribution in [3.8, 4) is 0 Å². The summed E-state index contributed by atoms with van der Waals surface area (Å²) in [5.74, 6) is -0.843. The highest BCUT2D eigenvalue weighted by atomic mass is 31.2. The van der Waals surface area contributed by atoms with Crippen LogP contribution >= 0.6 is 7.82 Å². The highest BCUT2D eigenvalue weighted by molar-refractivity contribution is 7.45. The minimum Gasteiger partial charge on any atom is -0.756 e. The van der Waals surface area contributed by atoms with E-state index in [4.69, 9.17) is 18.5 Å². The molecule has 10 heteroatoms. The first-order valence-electron chi connectivity index (χ1n) is 34.5. The van der Waals surface area contributed by atoms with Gasteiger partial charge in [-0.05, 0) is 116 Å². The summed E-state index contributed by atoms with van der Waals surface area (Å²) < 4.78 is 34.3. The number of carbonyl (C=O) groups is 2. The minimum atomic E-state index is -4.65. The predicted molar refractivity (Wildman–Crippen MR) is 369 cm³/mol. The Morgan fingerprint density at radius 2 is 0.628 bits per heavy atom. The minimum absolute atomic E-state index is 0.0379. The van der Waals surface area contributed by atoms with Gasteiger partial charge in [-0.25, -0.2) is 0 Å². The number of esters is 2. The largest absolute Gasteiger partial charge is 0.756 e. The summed E-state index contributed by atoms with van der Waals surface area (Å²) in [5, 5.41) is 0. The molecule has 9 nitrogen and oxygen atoms in total. The summed E-state index contributed by atoms with van der Waals surface area (Å²) in [4.78, 5) is 38.1. The second-order valence-electron chi connectivity index (χ2n) is 23.8. The van der Waals surface area contributed by atoms with Gasteiger partial charge in [-0.15, -0.1) is 0 Å². The number of rotatable bonds is 62. The van der Waals surface area contributed by atoms with Crippen LogP contribution in [0.3, 0.4) is 0 Å². The van der Waals surface area contributed by atoms with Gasteiger partial charge in [-0.1, -0.05) is 288 Å². The lowest BCUT2D eigenvalue weighted by molar-refractivity contribution is -0.870. The van der Waals surface area contributed by atoms with E-state index in [0.29, 0.717) is 17.4 Å². The van der Waals surface area contributed by atoms with Crippen molar-refractivity contribution < 1.29 is 42.1 Å². The fraction of sp³-hybridized carbons (Fsp3) is 0.658. The number of phosphoric acid groups is 1. The van der Waals surface area contributed by atoms with E-state index in [2.05, 4.69) is 160 Å². The van der Waals surface area contributed by atoms with Crippen LogP contribution in [0.25, 0.3) is 0 Å². The van der Waals surface area contributed by atoms with Crippen molar-refractivity contribution in [1.29, 1.82) is 0 Å². The van der Waals surface area contributed by atoms with Gasteiger partial charge >= 0.3 is 11.9 Å². The molecule has 86 heavy (non-hydrogen) atoms. The maximum absolute atomic E-state index is 12.9. The molecule has 0 spiro atoms. The fourth-order valence-electron chi connectivity index (χ4n) is 9.14. The van der Waals surface area contributed by atoms with Crippen LogP contribution in [0.15, 0.2) is 146 Å². The van der Waals surface area contributed by atoms with E-state index in [0.717, 1.165) is 128 Å². The van der Waals surface area contributed by atoms with Gasteiger partial charge in [0, 0.05) is 12.8 Å². The van der Waals surface area contributed by atoms with E-state index >= 15 is 0 Å². The van der Waals surface area contributed by atoms with Crippen LogP contribution in [-0.2, 0) is 32.7 Å². The summed E-state index contributed by atoms with van der Waals surface area (Å²) in [5.41, 5.74) is 0. The molecule has 0 aliphatic heterocycles. The Labute approximate surface area is 529 Å². The number of carbonyl (C=O) groups excluding carboxylic acids is 2. The number of hydrogen-bond donors (Lipinski definition) is 0. The highest BCUT2D eigenvalue weighted by Crippen LogP contribution is 2.38. The summed E-state index contributed by atoms with van der Waals surface area (Å²) >= 11 is 0. The molecular formula is C76H128NO8P. The molecule has 2 unspecified atom stereocenters. The lowest BCUT2D eigenvalue weighted by Crippen LogP contribution is -2.37. The van der Waals surface area contributed by atoms with Gasteiger partial charge < -0.3 is 27.9 Å². The summed E-state index contributed by atoms with van der Waals surface area (Å²) in [6, 6.07) is 0. The second kappa shape index (κ2) is 65.3. The lowest BCUT2D eigenvalue weighted by Gasteiger charge is -2.28. The molecule has 0 heterocycles. The Morgan fingerprint density at radius 3 is 0.930 bits per heavy atom. The Balaban J connectivity index is 4.08. The smallest absolute Gasteiger partial charge is 0.306 e. The van der Waals surface area contributed by atoms with Crippen molar-refractivity contribution >= 4 is 19.8 Å². The SMILES string of the molecule is CC/C=C\C/C=C\C/C=C\C/C=C\C/C=C\C/C=C\C/C=C\CCCCCCCCCCCCCCCCCC(=O)OC(COC(=O)CCCCCCCCCCC/C=C\C/C=C\C/C=C\C/C=C\C/C=C\CC)COP(=O)([O-])OCC[N+](C)(C)C. The number of ether oxygens (including phenoxy) is 2. The number of likely N-dealkylation sites (N-methyl/N-ethyl adjacent to an activating group) is 1. The van der Waals surface area contributed by atoms with Crippen molar-refractivity contribution in [3.05, 3.63) is 146 Å². The summed E-state index contributed by atoms with van der Waals surface area (Å²) in [6.07, 6.45) is 96.3. The molecule has 0 rings (SSSR count). The molecule has 0 saturated heterocycles. The van der Waals surface area contributed by atoms with Gasteiger partial charge in [0.15, 0.2) is 6.10 Å². The molecule has 0 aliphatic rings. The second-order valence-corrected chi connectivity index (χ2v) is 25.2. The Bertz CT molecular complexity index is 1960. The van der Waals surface area contributed by atoms with Gasteiger partial charge in [0.1, 0.15) is 19.8 Å². The first kappa shape index (κ1) is 81.9. The van der Waals surface area contributed by atoms with E-state index in [1.54, 1.807) is 0 Å². The third kappa shape index (κ3) is 69.0. The molecule has 0 aliphatic carbocycles. The van der Waals surface area contributed by atoms with Crippen molar-refractivity contribution in [2.45, 2.75) is 277 Å². The number of allylic oxidation sites excluding steroid dienone is 24. The number of quaternary nitrogens is 1. The fourth-order valence-corrected chi connectivity index (χ4v) is 9.86. The normalized spacial score (nSPS) is 14.1. The van der Waals surface area contributed by atoms with E-state index in [1.165, 1.54) is 109 Å². The van der Waals surface area contributed by atoms with Crippen LogP contribution in [0.1, 0.15) is 271 Å². The molecule has 0 radical (unpaired) electrons. The Morgan fingerprint density at radius 1 is 0.360 bits per heavy atom. The van der Waals surface area contributed by atoms with Gasteiger partial charge in [0.25, 0.3) is 7.82 Å². The van der Waals surface area contributed by atoms with Crippen LogP contribution in [-0.4, -0.2) is 70.0 Å². The first-order valence-corrected chi connectivity index (χ1v) is 36.0. The Hall–Kier alpha value is -4.11. The van der Waals surface area contributed by atoms with Crippen molar-refractivity contribution in [2.75, 3.05) is 47.5 Å². The van der Waals surface area contributed by atoms with Crippen LogP contribution in [0.2, 0.25) is 0 Å². The first-order chi connectivity index (χ1) is 42.0. The predicted octanol–water partition coefficient (Wildman–Crippen LogP) is 22.0. The van der Waals surface area contributed by atoms with Crippen LogP contribution in [0.4, 0.5) is 0 Å². The average Bonchev–Trinajstić information content (AvgIpc) is 3.67. The summed E-state index contributed by atoms with van der Waals surface area (Å²) in [6.45, 7) is 4.01. The Kier molecular flexibility index (Phi) is 62.2. The zero-order chi connectivity index (χ0) is 62.6. The van der Waals surface area contributed by atoms with Crippen LogP contribution in [0.5, 0.6) is 0 Å². The number of phosphoric ester groups is 1. The maximum atomic E-state index is 12.9. The summed E-state index contributed by atoms with van der Waals surface area (Å²) in [7, 11) is 1.15. The quantitative estimate of drug-likeness (QED) is 0.0195. The zero-order valence-corrected chi connectivity index (χ0v) is 56.6. The third-order valence-electron chi connectivity index (χ3n) is 14.4. The van der Waals surface area contributed by atoms with E-state index in [9.17, 15) is 19.0 Å². The van der Waals surface area contributed by atoms with Crippen LogP contribution in [0, 0.1) is 0 Å². The molecule has 0 bridgehead atoms. The average molecular weight is 1210 g/mol. The topological polar surface area (TPSA) is 111 Å². The highest BCUT2D eigenvalue weighted by Gasteiger charge is 2.22. The molecule has 0 fully saturated rings. The van der Waals surface area contributed by atoms with Gasteiger partial charge in [-0.2, -0.15) is 0 Å². The molecule has 0 aromatic heterocycles. The molecule has 0 N–H and O–H groups in total. The van der Waals surface area contributed by atoms with Gasteiger partial charge in [-0.3, -0.25) is 14.2 Å². The maximum Gasteiger partial charge on any atom is 0.306 e. The molecule has 0 aromatic rings. The van der Waals surface area contributed by atoms with E-state index in [1.807, 2.05) is 21.1 Å². The van der Waals surface area contributed by atoms with Crippen molar-refractivity contribution in [1.82, 2.24) is 0 Å². The molecular weight excluding hydrogens is 1090 g/mol. The molecule has 0 aromatic carbocycles. The van der Waals surface area contributed by atoms with Gasteiger partial charge in [0.2, 0.25) is 0 Å². The number of hydrogen-bond acceptors (Lipinski definition) is 8. The monoisotopic (exact) mass is 1210 g/mol. The van der Waals surface area contributed by atoms with Crippen LogP contribution < -0.4 is 4.89 Å². The lowest BCUT2D eigenvalue weighted by atomic mass is 10.0. The molecule has 490 valence electrons. The zero-order valence-electron chi connectivity index (χ0n) is 55.7. The van der Waals surface area contributed by atoms with Gasteiger partial charge in [0.05, 0.1) is 27.7 Å². The van der Waals surface area contributed by atoms with E-state index in [-0.39, 0.29) is 26.1 Å². The number of unbranched alkanes of at least 4 members (excludes halogenated alkanes) is 24. The third-order valence-corrected chi connectivity index (χ3v) is 15.3. The molecule has 2 atom stereocenters. The van der Waals surface area contributed by atoms with Crippen molar-refractivity contribution in [3.63, 3.8) is 0 Å². The molecule has 0 amide bonds.